The number of hydrogen-bond acceptors (Lipinski definition) is 2. The minimum Gasteiger partial charge on any atom is -0.391 e. The molecule has 1 aliphatic rings. The van der Waals surface area contributed by atoms with Crippen LogP contribution in [0.25, 0.3) is 11.1 Å². The Morgan fingerprint density at radius 2 is 2.00 bits per heavy atom. The van der Waals surface area contributed by atoms with Gasteiger partial charge in [0.05, 0.1) is 18.3 Å². The van der Waals surface area contributed by atoms with E-state index in [1.165, 1.54) is 12.0 Å². The molecule has 106 valence electrons. The standard InChI is InChI=1S/C17H22N2O/c1-2-13-8-9-17(20)16(10-13)19-12-15(11-18-19)14-6-4-3-5-7-14/h3-7,11-13,16-17,20H,2,8-10H2,1H3. The van der Waals surface area contributed by atoms with Gasteiger partial charge >= 0.3 is 0 Å². The molecule has 1 aliphatic carbocycles. The third kappa shape index (κ3) is 2.63. The van der Waals surface area contributed by atoms with E-state index < -0.39 is 0 Å². The summed E-state index contributed by atoms with van der Waals surface area (Å²) in [6.45, 7) is 2.23. The second-order valence-electron chi connectivity index (χ2n) is 5.80. The summed E-state index contributed by atoms with van der Waals surface area (Å²) < 4.78 is 1.97. The second-order valence-corrected chi connectivity index (χ2v) is 5.80. The van der Waals surface area contributed by atoms with Crippen LogP contribution in [0.1, 0.15) is 38.6 Å². The molecule has 1 aromatic carbocycles. The molecule has 1 aromatic heterocycles. The van der Waals surface area contributed by atoms with Crippen molar-refractivity contribution in [2.45, 2.75) is 44.8 Å². The Kier molecular flexibility index (Phi) is 3.88. The number of aliphatic hydroxyl groups excluding tert-OH is 1. The molecule has 1 saturated carbocycles. The number of aromatic nitrogens is 2. The van der Waals surface area contributed by atoms with Crippen LogP contribution < -0.4 is 0 Å². The quantitative estimate of drug-likeness (QED) is 0.924. The lowest BCUT2D eigenvalue weighted by atomic mass is 9.82. The van der Waals surface area contributed by atoms with Crippen molar-refractivity contribution >= 4 is 0 Å². The van der Waals surface area contributed by atoms with Crippen molar-refractivity contribution < 1.29 is 5.11 Å². The molecule has 0 bridgehead atoms. The predicted octanol–water partition coefficient (Wildman–Crippen LogP) is 3.66. The first-order valence-electron chi connectivity index (χ1n) is 7.55. The van der Waals surface area contributed by atoms with Gasteiger partial charge in [-0.15, -0.1) is 0 Å². The summed E-state index contributed by atoms with van der Waals surface area (Å²) in [5, 5.41) is 14.7. The van der Waals surface area contributed by atoms with Gasteiger partial charge in [0, 0.05) is 11.8 Å². The Morgan fingerprint density at radius 3 is 2.75 bits per heavy atom. The average molecular weight is 270 g/mol. The predicted molar refractivity (Wildman–Crippen MR) is 80.3 cm³/mol. The van der Waals surface area contributed by atoms with E-state index in [1.807, 2.05) is 29.1 Å². The van der Waals surface area contributed by atoms with E-state index in [4.69, 9.17) is 0 Å². The number of nitrogens with zero attached hydrogens (tertiary/aromatic N) is 2. The third-order valence-electron chi connectivity index (χ3n) is 4.52. The Labute approximate surface area is 120 Å². The summed E-state index contributed by atoms with van der Waals surface area (Å²) in [6, 6.07) is 10.4. The number of aliphatic hydroxyl groups is 1. The van der Waals surface area contributed by atoms with E-state index in [9.17, 15) is 5.11 Å². The zero-order chi connectivity index (χ0) is 13.9. The van der Waals surface area contributed by atoms with Crippen LogP contribution in [0.2, 0.25) is 0 Å². The van der Waals surface area contributed by atoms with Crippen molar-refractivity contribution in [3.05, 3.63) is 42.7 Å². The van der Waals surface area contributed by atoms with Crippen LogP contribution in [0.4, 0.5) is 0 Å². The van der Waals surface area contributed by atoms with Gasteiger partial charge in [0.15, 0.2) is 0 Å². The van der Waals surface area contributed by atoms with Gasteiger partial charge in [0.25, 0.3) is 0 Å². The second kappa shape index (κ2) is 5.80. The maximum absolute atomic E-state index is 10.3. The van der Waals surface area contributed by atoms with E-state index in [0.717, 1.165) is 24.8 Å². The van der Waals surface area contributed by atoms with Crippen LogP contribution in [0.3, 0.4) is 0 Å². The lowest BCUT2D eigenvalue weighted by Gasteiger charge is -2.33. The summed E-state index contributed by atoms with van der Waals surface area (Å²) in [5.74, 6) is 0.716. The molecule has 3 heteroatoms. The molecule has 3 rings (SSSR count). The Balaban J connectivity index is 1.82. The topological polar surface area (TPSA) is 38.0 Å². The van der Waals surface area contributed by atoms with Crippen molar-refractivity contribution in [2.24, 2.45) is 5.92 Å². The van der Waals surface area contributed by atoms with Crippen LogP contribution in [0, 0.1) is 5.92 Å². The number of rotatable bonds is 3. The van der Waals surface area contributed by atoms with Gasteiger partial charge in [-0.2, -0.15) is 5.10 Å². The van der Waals surface area contributed by atoms with Crippen molar-refractivity contribution in [3.63, 3.8) is 0 Å². The highest BCUT2D eigenvalue weighted by Crippen LogP contribution is 2.34. The zero-order valence-corrected chi connectivity index (χ0v) is 11.9. The fraction of sp³-hybridized carbons (Fsp3) is 0.471. The summed E-state index contributed by atoms with van der Waals surface area (Å²) in [7, 11) is 0. The van der Waals surface area contributed by atoms with Crippen LogP contribution in [-0.4, -0.2) is 21.0 Å². The van der Waals surface area contributed by atoms with Gasteiger partial charge in [0.2, 0.25) is 0 Å². The lowest BCUT2D eigenvalue weighted by molar-refractivity contribution is 0.0476. The van der Waals surface area contributed by atoms with Crippen molar-refractivity contribution in [3.8, 4) is 11.1 Å². The fourth-order valence-corrected chi connectivity index (χ4v) is 3.17. The molecule has 0 saturated heterocycles. The summed E-state index contributed by atoms with van der Waals surface area (Å²) >= 11 is 0. The monoisotopic (exact) mass is 270 g/mol. The van der Waals surface area contributed by atoms with Crippen LogP contribution >= 0.6 is 0 Å². The van der Waals surface area contributed by atoms with E-state index in [0.29, 0.717) is 5.92 Å². The number of hydrogen-bond donors (Lipinski definition) is 1. The first kappa shape index (κ1) is 13.4. The molecular weight excluding hydrogens is 248 g/mol. The van der Waals surface area contributed by atoms with E-state index >= 15 is 0 Å². The smallest absolute Gasteiger partial charge is 0.0780 e. The minimum absolute atomic E-state index is 0.131. The molecule has 1 heterocycles. The largest absolute Gasteiger partial charge is 0.391 e. The third-order valence-corrected chi connectivity index (χ3v) is 4.52. The van der Waals surface area contributed by atoms with Crippen molar-refractivity contribution in [1.29, 1.82) is 0 Å². The van der Waals surface area contributed by atoms with Crippen LogP contribution in [-0.2, 0) is 0 Å². The summed E-state index contributed by atoms with van der Waals surface area (Å²) in [4.78, 5) is 0. The van der Waals surface area contributed by atoms with Gasteiger partial charge in [-0.05, 0) is 30.7 Å². The molecule has 2 aromatic rings. The van der Waals surface area contributed by atoms with Gasteiger partial charge in [-0.3, -0.25) is 4.68 Å². The van der Waals surface area contributed by atoms with Gasteiger partial charge < -0.3 is 5.11 Å². The molecule has 3 nitrogen and oxygen atoms in total. The molecule has 0 radical (unpaired) electrons. The van der Waals surface area contributed by atoms with Crippen LogP contribution in [0.15, 0.2) is 42.7 Å². The zero-order valence-electron chi connectivity index (χ0n) is 11.9. The molecule has 3 atom stereocenters. The van der Waals surface area contributed by atoms with Crippen molar-refractivity contribution in [1.82, 2.24) is 9.78 Å². The van der Waals surface area contributed by atoms with E-state index in [-0.39, 0.29) is 12.1 Å². The SMILES string of the molecule is CCC1CCC(O)C(n2cc(-c3ccccc3)cn2)C1. The van der Waals surface area contributed by atoms with Gasteiger partial charge in [-0.25, -0.2) is 0 Å². The molecule has 1 fully saturated rings. The molecule has 1 N–H and O–H groups in total. The molecule has 0 amide bonds. The maximum atomic E-state index is 10.3. The average Bonchev–Trinajstić information content (AvgIpc) is 2.98. The highest BCUT2D eigenvalue weighted by atomic mass is 16.3. The Bertz CT molecular complexity index is 549. The van der Waals surface area contributed by atoms with Crippen molar-refractivity contribution in [2.75, 3.05) is 0 Å². The molecular formula is C17H22N2O. The molecule has 3 unspecified atom stereocenters. The highest BCUT2D eigenvalue weighted by molar-refractivity contribution is 5.61. The minimum atomic E-state index is -0.263. The first-order chi connectivity index (χ1) is 9.78. The number of benzene rings is 1. The van der Waals surface area contributed by atoms with E-state index in [1.54, 1.807) is 0 Å². The van der Waals surface area contributed by atoms with Gasteiger partial charge in [0.1, 0.15) is 0 Å². The Morgan fingerprint density at radius 1 is 1.20 bits per heavy atom. The molecule has 0 aliphatic heterocycles. The molecule has 0 spiro atoms. The van der Waals surface area contributed by atoms with Gasteiger partial charge in [-0.1, -0.05) is 43.7 Å². The lowest BCUT2D eigenvalue weighted by Crippen LogP contribution is -2.31. The summed E-state index contributed by atoms with van der Waals surface area (Å²) in [6.07, 6.45) is 7.97. The fourth-order valence-electron chi connectivity index (χ4n) is 3.17. The summed E-state index contributed by atoms with van der Waals surface area (Å²) in [5.41, 5.74) is 2.30. The maximum Gasteiger partial charge on any atom is 0.0780 e. The highest BCUT2D eigenvalue weighted by Gasteiger charge is 2.30. The van der Waals surface area contributed by atoms with Crippen LogP contribution in [0.5, 0.6) is 0 Å². The normalized spacial score (nSPS) is 26.6. The van der Waals surface area contributed by atoms with E-state index in [2.05, 4.69) is 30.4 Å². The molecule has 20 heavy (non-hydrogen) atoms. The first-order valence-corrected chi connectivity index (χ1v) is 7.55. The Hall–Kier alpha value is -1.61.